The van der Waals surface area contributed by atoms with Crippen molar-refractivity contribution in [3.05, 3.63) is 68.0 Å². The Morgan fingerprint density at radius 2 is 1.90 bits per heavy atom. The lowest BCUT2D eigenvalue weighted by molar-refractivity contribution is 0.0948. The van der Waals surface area contributed by atoms with Crippen molar-refractivity contribution < 1.29 is 4.79 Å². The predicted octanol–water partition coefficient (Wildman–Crippen LogP) is 0.312. The summed E-state index contributed by atoms with van der Waals surface area (Å²) in [7, 11) is 1.32. The molecule has 0 bridgehead atoms. The molecule has 0 radical (unpaired) electrons. The van der Waals surface area contributed by atoms with Crippen LogP contribution in [0.25, 0.3) is 0 Å². The van der Waals surface area contributed by atoms with Crippen LogP contribution >= 0.6 is 0 Å². The third-order valence-electron chi connectivity index (χ3n) is 3.00. The van der Waals surface area contributed by atoms with Crippen molar-refractivity contribution in [2.45, 2.75) is 13.5 Å². The molecular formula is C14H15N3O3. The van der Waals surface area contributed by atoms with Gasteiger partial charge in [-0.05, 0) is 12.5 Å². The van der Waals surface area contributed by atoms with E-state index < -0.39 is 17.2 Å². The van der Waals surface area contributed by atoms with Crippen LogP contribution in [-0.2, 0) is 13.6 Å². The molecule has 0 aliphatic carbocycles. The van der Waals surface area contributed by atoms with Crippen molar-refractivity contribution in [2.75, 3.05) is 0 Å². The highest BCUT2D eigenvalue weighted by Gasteiger charge is 2.12. The summed E-state index contributed by atoms with van der Waals surface area (Å²) in [5.41, 5.74) is 0.819. The Hall–Kier alpha value is -2.63. The van der Waals surface area contributed by atoms with Gasteiger partial charge in [-0.15, -0.1) is 0 Å². The Bertz CT molecular complexity index is 741. The van der Waals surface area contributed by atoms with E-state index in [2.05, 4.69) is 10.3 Å². The molecule has 1 heterocycles. The topological polar surface area (TPSA) is 84.0 Å². The first-order valence-corrected chi connectivity index (χ1v) is 6.11. The molecule has 0 aliphatic rings. The summed E-state index contributed by atoms with van der Waals surface area (Å²) in [4.78, 5) is 37.2. The average molecular weight is 273 g/mol. The molecule has 0 atom stereocenters. The van der Waals surface area contributed by atoms with Crippen LogP contribution in [-0.4, -0.2) is 15.5 Å². The second-order valence-corrected chi connectivity index (χ2v) is 4.54. The van der Waals surface area contributed by atoms with E-state index in [0.29, 0.717) is 6.54 Å². The van der Waals surface area contributed by atoms with Gasteiger partial charge in [0.2, 0.25) is 0 Å². The smallest absolute Gasteiger partial charge is 0.328 e. The minimum Gasteiger partial charge on any atom is -0.348 e. The molecule has 1 amide bonds. The van der Waals surface area contributed by atoms with Crippen molar-refractivity contribution in [1.29, 1.82) is 0 Å². The fraction of sp³-hybridized carbons (Fsp3) is 0.214. The van der Waals surface area contributed by atoms with E-state index >= 15 is 0 Å². The lowest BCUT2D eigenvalue weighted by atomic mass is 10.1. The maximum absolute atomic E-state index is 11.9. The zero-order valence-electron chi connectivity index (χ0n) is 11.3. The van der Waals surface area contributed by atoms with E-state index in [9.17, 15) is 14.4 Å². The number of amides is 1. The first-order chi connectivity index (χ1) is 9.49. The number of hydrogen-bond donors (Lipinski definition) is 2. The maximum Gasteiger partial charge on any atom is 0.328 e. The van der Waals surface area contributed by atoms with Crippen LogP contribution in [0.4, 0.5) is 0 Å². The van der Waals surface area contributed by atoms with Gasteiger partial charge in [-0.25, -0.2) is 4.79 Å². The molecule has 1 aromatic heterocycles. The number of carbonyl (C=O) groups is 1. The van der Waals surface area contributed by atoms with E-state index in [1.54, 1.807) is 0 Å². The molecule has 1 aromatic carbocycles. The van der Waals surface area contributed by atoms with Gasteiger partial charge in [-0.1, -0.05) is 29.8 Å². The van der Waals surface area contributed by atoms with Gasteiger partial charge in [0, 0.05) is 19.8 Å². The van der Waals surface area contributed by atoms with Gasteiger partial charge in [0.05, 0.1) is 0 Å². The van der Waals surface area contributed by atoms with Crippen LogP contribution in [0, 0.1) is 6.92 Å². The van der Waals surface area contributed by atoms with Crippen LogP contribution in [0.5, 0.6) is 0 Å². The highest BCUT2D eigenvalue weighted by Crippen LogP contribution is 2.02. The Morgan fingerprint density at radius 1 is 1.25 bits per heavy atom. The van der Waals surface area contributed by atoms with Gasteiger partial charge in [0.1, 0.15) is 5.56 Å². The third kappa shape index (κ3) is 2.85. The summed E-state index contributed by atoms with van der Waals surface area (Å²) in [6.45, 7) is 2.30. The molecule has 0 saturated heterocycles. The van der Waals surface area contributed by atoms with Crippen LogP contribution < -0.4 is 16.6 Å². The number of rotatable bonds is 3. The number of aromatic nitrogens is 2. The van der Waals surface area contributed by atoms with Gasteiger partial charge in [-0.3, -0.25) is 14.2 Å². The molecule has 2 N–H and O–H groups in total. The molecule has 2 rings (SSSR count). The monoisotopic (exact) mass is 273 g/mol. The highest BCUT2D eigenvalue weighted by atomic mass is 16.2. The number of hydrogen-bond acceptors (Lipinski definition) is 3. The first kappa shape index (κ1) is 13.8. The SMILES string of the molecule is Cc1ccc(CNC(=O)c2c[nH]c(=O)n(C)c2=O)cc1. The minimum absolute atomic E-state index is 0.0841. The number of nitrogens with zero attached hydrogens (tertiary/aromatic N) is 1. The molecule has 0 aliphatic heterocycles. The zero-order chi connectivity index (χ0) is 14.7. The largest absolute Gasteiger partial charge is 0.348 e. The number of aryl methyl sites for hydroxylation is 1. The Morgan fingerprint density at radius 3 is 2.55 bits per heavy atom. The number of carbonyl (C=O) groups excluding carboxylic acids is 1. The number of nitrogens with one attached hydrogen (secondary N) is 2. The van der Waals surface area contributed by atoms with Crippen molar-refractivity contribution in [3.8, 4) is 0 Å². The number of benzene rings is 1. The van der Waals surface area contributed by atoms with Crippen molar-refractivity contribution in [1.82, 2.24) is 14.9 Å². The van der Waals surface area contributed by atoms with Gasteiger partial charge in [0.25, 0.3) is 11.5 Å². The molecule has 0 fully saturated rings. The summed E-state index contributed by atoms with van der Waals surface area (Å²) in [5, 5.41) is 2.65. The summed E-state index contributed by atoms with van der Waals surface area (Å²) in [5.74, 6) is -0.512. The Labute approximate surface area is 115 Å². The van der Waals surface area contributed by atoms with Gasteiger partial charge >= 0.3 is 5.69 Å². The quantitative estimate of drug-likeness (QED) is 0.844. The molecule has 6 nitrogen and oxygen atoms in total. The van der Waals surface area contributed by atoms with E-state index in [1.165, 1.54) is 7.05 Å². The molecule has 0 spiro atoms. The summed E-state index contributed by atoms with van der Waals surface area (Å²) in [6, 6.07) is 7.70. The average Bonchev–Trinajstić information content (AvgIpc) is 2.44. The van der Waals surface area contributed by atoms with Gasteiger partial charge in [-0.2, -0.15) is 0 Å². The van der Waals surface area contributed by atoms with E-state index in [4.69, 9.17) is 0 Å². The number of aromatic amines is 1. The normalized spacial score (nSPS) is 10.3. The minimum atomic E-state index is -0.616. The molecule has 2 aromatic rings. The number of H-pyrrole nitrogens is 1. The zero-order valence-corrected chi connectivity index (χ0v) is 11.3. The second kappa shape index (κ2) is 5.56. The Balaban J connectivity index is 2.13. The van der Waals surface area contributed by atoms with Gasteiger partial charge in [0.15, 0.2) is 0 Å². The van der Waals surface area contributed by atoms with Crippen LogP contribution in [0.15, 0.2) is 40.1 Å². The first-order valence-electron chi connectivity index (χ1n) is 6.11. The lowest BCUT2D eigenvalue weighted by Crippen LogP contribution is -2.38. The third-order valence-corrected chi connectivity index (χ3v) is 3.00. The molecular weight excluding hydrogens is 258 g/mol. The molecule has 20 heavy (non-hydrogen) atoms. The molecule has 0 saturated carbocycles. The molecule has 0 unspecified atom stereocenters. The van der Waals surface area contributed by atoms with E-state index in [-0.39, 0.29) is 5.56 Å². The fourth-order valence-corrected chi connectivity index (χ4v) is 1.71. The summed E-state index contributed by atoms with van der Waals surface area (Å²) in [6.07, 6.45) is 1.13. The van der Waals surface area contributed by atoms with Crippen molar-refractivity contribution in [3.63, 3.8) is 0 Å². The highest BCUT2D eigenvalue weighted by molar-refractivity contribution is 5.93. The van der Waals surface area contributed by atoms with Crippen LogP contribution in [0.1, 0.15) is 21.5 Å². The molecule has 104 valence electrons. The predicted molar refractivity (Wildman–Crippen MR) is 74.7 cm³/mol. The second-order valence-electron chi connectivity index (χ2n) is 4.54. The van der Waals surface area contributed by atoms with Gasteiger partial charge < -0.3 is 10.3 Å². The van der Waals surface area contributed by atoms with Crippen molar-refractivity contribution >= 4 is 5.91 Å². The van der Waals surface area contributed by atoms with E-state index in [0.717, 1.165) is 21.9 Å². The summed E-state index contributed by atoms with van der Waals surface area (Å²) < 4.78 is 0.862. The lowest BCUT2D eigenvalue weighted by Gasteiger charge is -2.06. The fourth-order valence-electron chi connectivity index (χ4n) is 1.71. The van der Waals surface area contributed by atoms with E-state index in [1.807, 2.05) is 31.2 Å². The maximum atomic E-state index is 11.9. The van der Waals surface area contributed by atoms with Crippen molar-refractivity contribution in [2.24, 2.45) is 7.05 Å². The molecule has 6 heteroatoms. The Kier molecular flexibility index (Phi) is 3.84. The van der Waals surface area contributed by atoms with Crippen LogP contribution in [0.3, 0.4) is 0 Å². The van der Waals surface area contributed by atoms with Crippen LogP contribution in [0.2, 0.25) is 0 Å². The summed E-state index contributed by atoms with van der Waals surface area (Å²) >= 11 is 0. The standard InChI is InChI=1S/C14H15N3O3/c1-9-3-5-10(6-4-9)7-15-12(18)11-8-16-14(20)17(2)13(11)19/h3-6,8H,7H2,1-2H3,(H,15,18)(H,16,20).